The number of ether oxygens (including phenoxy) is 2. The quantitative estimate of drug-likeness (QED) is 0.549. The van der Waals surface area contributed by atoms with Gasteiger partial charge in [0.25, 0.3) is 0 Å². The molecule has 0 bridgehead atoms. The third kappa shape index (κ3) is 3.80. The summed E-state index contributed by atoms with van der Waals surface area (Å²) in [6, 6.07) is 0. The van der Waals surface area contributed by atoms with Crippen molar-refractivity contribution in [3.8, 4) is 0 Å². The van der Waals surface area contributed by atoms with Gasteiger partial charge in [-0.1, -0.05) is 20.8 Å². The molecule has 0 aromatic carbocycles. The first-order chi connectivity index (χ1) is 7.58. The summed E-state index contributed by atoms with van der Waals surface area (Å²) < 4.78 is 10.2. The van der Waals surface area contributed by atoms with Gasteiger partial charge in [-0.15, -0.1) is 0 Å². The van der Waals surface area contributed by atoms with Crippen molar-refractivity contribution in [2.75, 3.05) is 13.7 Å². The van der Waals surface area contributed by atoms with Crippen LogP contribution in [-0.2, 0) is 19.1 Å². The summed E-state index contributed by atoms with van der Waals surface area (Å²) in [5.41, 5.74) is -1.53. The van der Waals surface area contributed by atoms with E-state index in [9.17, 15) is 9.59 Å². The minimum Gasteiger partial charge on any atom is -0.465 e. The molecule has 0 aliphatic carbocycles. The van der Waals surface area contributed by atoms with Crippen LogP contribution in [-0.4, -0.2) is 31.6 Å². The van der Waals surface area contributed by atoms with Gasteiger partial charge in [-0.05, 0) is 26.2 Å². The molecule has 0 aromatic heterocycles. The van der Waals surface area contributed by atoms with Gasteiger partial charge in [-0.3, -0.25) is 9.59 Å². The number of ketones is 1. The second-order valence-electron chi connectivity index (χ2n) is 5.69. The normalized spacial score (nSPS) is 14.3. The van der Waals surface area contributed by atoms with Crippen LogP contribution < -0.4 is 0 Å². The van der Waals surface area contributed by atoms with E-state index in [1.54, 1.807) is 20.8 Å². The number of hydrogen-bond donors (Lipinski definition) is 0. The lowest BCUT2D eigenvalue weighted by molar-refractivity contribution is -0.163. The van der Waals surface area contributed by atoms with Crippen LogP contribution in [0.5, 0.6) is 0 Å². The summed E-state index contributed by atoms with van der Waals surface area (Å²) in [5.74, 6) is -0.748. The Bertz CT molecular complexity index is 286. The molecule has 0 N–H and O–H groups in total. The van der Waals surface area contributed by atoms with Crippen molar-refractivity contribution in [1.82, 2.24) is 0 Å². The Labute approximate surface area is 104 Å². The van der Waals surface area contributed by atoms with E-state index in [0.29, 0.717) is 0 Å². The van der Waals surface area contributed by atoms with Gasteiger partial charge in [0.2, 0.25) is 0 Å². The molecule has 0 saturated heterocycles. The number of methoxy groups -OCH3 is 1. The van der Waals surface area contributed by atoms with Crippen LogP contribution in [0.2, 0.25) is 0 Å². The molecule has 0 rings (SSSR count). The number of hydrogen-bond acceptors (Lipinski definition) is 4. The van der Waals surface area contributed by atoms with E-state index >= 15 is 0 Å². The molecule has 4 heteroatoms. The Morgan fingerprint density at radius 1 is 1.12 bits per heavy atom. The van der Waals surface area contributed by atoms with E-state index in [1.807, 2.05) is 20.8 Å². The number of Topliss-reactive ketones (excluding diaryl/α,β-unsaturated/α-hetero) is 1. The van der Waals surface area contributed by atoms with Crippen LogP contribution in [0.15, 0.2) is 0 Å². The highest BCUT2D eigenvalue weighted by Crippen LogP contribution is 2.30. The van der Waals surface area contributed by atoms with Crippen molar-refractivity contribution < 1.29 is 19.1 Å². The zero-order valence-corrected chi connectivity index (χ0v) is 11.9. The fraction of sp³-hybridized carbons (Fsp3) is 0.846. The van der Waals surface area contributed by atoms with Crippen LogP contribution in [0.3, 0.4) is 0 Å². The van der Waals surface area contributed by atoms with E-state index < -0.39 is 17.5 Å². The molecule has 0 saturated carbocycles. The highest BCUT2D eigenvalue weighted by atomic mass is 16.5. The summed E-state index contributed by atoms with van der Waals surface area (Å²) in [5, 5.41) is 0. The topological polar surface area (TPSA) is 52.6 Å². The number of esters is 1. The predicted molar refractivity (Wildman–Crippen MR) is 65.7 cm³/mol. The smallest absolute Gasteiger partial charge is 0.319 e. The molecule has 0 heterocycles. The average molecular weight is 244 g/mol. The van der Waals surface area contributed by atoms with Crippen molar-refractivity contribution in [2.24, 2.45) is 10.8 Å². The van der Waals surface area contributed by atoms with Crippen molar-refractivity contribution in [2.45, 2.75) is 47.6 Å². The molecule has 0 aliphatic heterocycles. The van der Waals surface area contributed by atoms with Crippen LogP contribution in [0, 0.1) is 10.8 Å². The lowest BCUT2D eigenvalue weighted by atomic mass is 9.76. The zero-order valence-electron chi connectivity index (χ0n) is 11.9. The second-order valence-corrected chi connectivity index (χ2v) is 5.69. The van der Waals surface area contributed by atoms with Gasteiger partial charge in [-0.25, -0.2) is 0 Å². The van der Waals surface area contributed by atoms with Crippen LogP contribution in [0.1, 0.15) is 41.5 Å². The summed E-state index contributed by atoms with van der Waals surface area (Å²) >= 11 is 0. The van der Waals surface area contributed by atoms with Crippen LogP contribution >= 0.6 is 0 Å². The predicted octanol–water partition coefficient (Wildman–Crippen LogP) is 2.21. The van der Waals surface area contributed by atoms with Gasteiger partial charge >= 0.3 is 5.97 Å². The number of carbonyl (C=O) groups is 2. The maximum Gasteiger partial charge on any atom is 0.319 e. The van der Waals surface area contributed by atoms with Crippen molar-refractivity contribution in [1.29, 1.82) is 0 Å². The van der Waals surface area contributed by atoms with Crippen molar-refractivity contribution >= 4 is 11.8 Å². The SMILES string of the molecule is CCOC(=O)C(C)(C)C(=O)C(OC)C(C)(C)C. The molecule has 0 fully saturated rings. The van der Waals surface area contributed by atoms with E-state index in [2.05, 4.69) is 0 Å². The molecule has 0 aliphatic rings. The van der Waals surface area contributed by atoms with Gasteiger partial charge in [0.05, 0.1) is 6.61 Å². The minimum absolute atomic E-state index is 0.244. The molecule has 0 spiro atoms. The largest absolute Gasteiger partial charge is 0.465 e. The highest BCUT2D eigenvalue weighted by Gasteiger charge is 2.45. The van der Waals surface area contributed by atoms with Crippen molar-refractivity contribution in [3.05, 3.63) is 0 Å². The molecular weight excluding hydrogens is 220 g/mol. The van der Waals surface area contributed by atoms with E-state index in [-0.39, 0.29) is 17.8 Å². The van der Waals surface area contributed by atoms with Gasteiger partial charge in [0.15, 0.2) is 5.78 Å². The average Bonchev–Trinajstić information content (AvgIpc) is 2.16. The first kappa shape index (κ1) is 16.1. The van der Waals surface area contributed by atoms with Crippen LogP contribution in [0.4, 0.5) is 0 Å². The number of carbonyl (C=O) groups excluding carboxylic acids is 2. The fourth-order valence-corrected chi connectivity index (χ4v) is 1.59. The lowest BCUT2D eigenvalue weighted by Crippen LogP contribution is -2.47. The summed E-state index contributed by atoms with van der Waals surface area (Å²) in [4.78, 5) is 24.1. The Morgan fingerprint density at radius 3 is 1.88 bits per heavy atom. The molecule has 17 heavy (non-hydrogen) atoms. The first-order valence-electron chi connectivity index (χ1n) is 5.83. The van der Waals surface area contributed by atoms with Gasteiger partial charge < -0.3 is 9.47 Å². The summed E-state index contributed by atoms with van der Waals surface area (Å²) in [7, 11) is 1.48. The molecule has 100 valence electrons. The lowest BCUT2D eigenvalue weighted by Gasteiger charge is -2.33. The Hall–Kier alpha value is -0.900. The van der Waals surface area contributed by atoms with Gasteiger partial charge in [-0.2, -0.15) is 0 Å². The Kier molecular flexibility index (Phi) is 5.33. The Morgan fingerprint density at radius 2 is 1.59 bits per heavy atom. The third-order valence-electron chi connectivity index (χ3n) is 2.66. The molecule has 0 aromatic rings. The van der Waals surface area contributed by atoms with E-state index in [4.69, 9.17) is 9.47 Å². The number of rotatable bonds is 5. The Balaban J connectivity index is 5.07. The monoisotopic (exact) mass is 244 g/mol. The van der Waals surface area contributed by atoms with Gasteiger partial charge in [0.1, 0.15) is 11.5 Å². The molecule has 1 unspecified atom stereocenters. The molecular formula is C13H24O4. The van der Waals surface area contributed by atoms with Crippen LogP contribution in [0.25, 0.3) is 0 Å². The maximum atomic E-state index is 12.3. The van der Waals surface area contributed by atoms with E-state index in [1.165, 1.54) is 7.11 Å². The first-order valence-corrected chi connectivity index (χ1v) is 5.83. The maximum absolute atomic E-state index is 12.3. The highest BCUT2D eigenvalue weighted by molar-refractivity contribution is 6.05. The second kappa shape index (κ2) is 5.63. The molecule has 0 radical (unpaired) electrons. The minimum atomic E-state index is -1.18. The van der Waals surface area contributed by atoms with E-state index in [0.717, 1.165) is 0 Å². The molecule has 4 nitrogen and oxygen atoms in total. The summed E-state index contributed by atoms with van der Waals surface area (Å²) in [6.07, 6.45) is -0.623. The third-order valence-corrected chi connectivity index (χ3v) is 2.66. The standard InChI is InChI=1S/C13H24O4/c1-8-17-11(15)13(5,6)9(14)10(16-7)12(2,3)4/h10H,8H2,1-7H3. The summed E-state index contributed by atoms with van der Waals surface area (Å²) in [6.45, 7) is 10.8. The van der Waals surface area contributed by atoms with Gasteiger partial charge in [0, 0.05) is 7.11 Å². The fourth-order valence-electron chi connectivity index (χ4n) is 1.59. The zero-order chi connectivity index (χ0) is 13.9. The molecule has 0 amide bonds. The molecule has 1 atom stereocenters. The van der Waals surface area contributed by atoms with Crippen molar-refractivity contribution in [3.63, 3.8) is 0 Å².